The molecule has 0 atom stereocenters. The molecule has 0 radical (unpaired) electrons. The molecule has 8 nitrogen and oxygen atoms in total. The van der Waals surface area contributed by atoms with Crippen LogP contribution >= 0.6 is 0 Å². The van der Waals surface area contributed by atoms with Gasteiger partial charge in [-0.15, -0.1) is 0 Å². The first-order valence-corrected chi connectivity index (χ1v) is 8.05. The lowest BCUT2D eigenvalue weighted by Gasteiger charge is -2.08. The Hall–Kier alpha value is -1.22. The van der Waals surface area contributed by atoms with Crippen molar-refractivity contribution in [3.63, 3.8) is 0 Å². The third-order valence-corrected chi connectivity index (χ3v) is 2.50. The molecule has 0 aromatic rings. The first-order chi connectivity index (χ1) is 11.2. The van der Waals surface area contributed by atoms with Crippen molar-refractivity contribution in [1.82, 2.24) is 10.6 Å². The van der Waals surface area contributed by atoms with Crippen molar-refractivity contribution in [2.75, 3.05) is 65.9 Å². The molecule has 0 saturated carbocycles. The van der Waals surface area contributed by atoms with E-state index in [1.807, 2.05) is 13.8 Å². The fourth-order valence-electron chi connectivity index (χ4n) is 1.48. The third kappa shape index (κ3) is 17.0. The van der Waals surface area contributed by atoms with E-state index in [9.17, 15) is 9.59 Å². The van der Waals surface area contributed by atoms with E-state index in [2.05, 4.69) is 10.6 Å². The molecule has 0 aliphatic heterocycles. The molecule has 0 aromatic heterocycles. The fourth-order valence-corrected chi connectivity index (χ4v) is 1.48. The highest BCUT2D eigenvalue weighted by Gasteiger charge is 2.01. The maximum absolute atomic E-state index is 11.4. The SMILES string of the molecule is CCCOCCOCC(=O)NCCOCCOCC(=O)NCC. The average Bonchev–Trinajstić information content (AvgIpc) is 2.53. The number of carbonyl (C=O) groups excluding carboxylic acids is 2. The van der Waals surface area contributed by atoms with Crippen LogP contribution in [0.25, 0.3) is 0 Å². The molecule has 0 aliphatic rings. The van der Waals surface area contributed by atoms with Gasteiger partial charge in [0.05, 0.1) is 33.0 Å². The summed E-state index contributed by atoms with van der Waals surface area (Å²) in [6.07, 6.45) is 0.970. The summed E-state index contributed by atoms with van der Waals surface area (Å²) in [7, 11) is 0. The Morgan fingerprint density at radius 3 is 1.78 bits per heavy atom. The molecule has 0 spiro atoms. The van der Waals surface area contributed by atoms with Crippen LogP contribution in [0.5, 0.6) is 0 Å². The zero-order valence-corrected chi connectivity index (χ0v) is 14.2. The molecule has 0 unspecified atom stereocenters. The molecule has 0 fully saturated rings. The molecular formula is C15H30N2O6. The van der Waals surface area contributed by atoms with Crippen LogP contribution in [-0.4, -0.2) is 77.8 Å². The van der Waals surface area contributed by atoms with Crippen LogP contribution in [0.4, 0.5) is 0 Å². The summed E-state index contributed by atoms with van der Waals surface area (Å²) >= 11 is 0. The van der Waals surface area contributed by atoms with Gasteiger partial charge in [-0.2, -0.15) is 0 Å². The van der Waals surface area contributed by atoms with Crippen LogP contribution in [0.15, 0.2) is 0 Å². The van der Waals surface area contributed by atoms with Gasteiger partial charge in [0, 0.05) is 19.7 Å². The summed E-state index contributed by atoms with van der Waals surface area (Å²) in [6, 6.07) is 0. The Bertz CT molecular complexity index is 302. The molecule has 0 rings (SSSR count). The minimum atomic E-state index is -0.184. The maximum Gasteiger partial charge on any atom is 0.246 e. The molecule has 2 amide bonds. The van der Waals surface area contributed by atoms with E-state index >= 15 is 0 Å². The monoisotopic (exact) mass is 334 g/mol. The Morgan fingerprint density at radius 2 is 1.22 bits per heavy atom. The predicted octanol–water partition coefficient (Wildman–Crippen LogP) is -0.285. The summed E-state index contributed by atoms with van der Waals surface area (Å²) in [4.78, 5) is 22.5. The molecule has 0 bridgehead atoms. The highest BCUT2D eigenvalue weighted by atomic mass is 16.5. The molecule has 23 heavy (non-hydrogen) atoms. The number of nitrogens with one attached hydrogen (secondary N) is 2. The van der Waals surface area contributed by atoms with Gasteiger partial charge < -0.3 is 29.6 Å². The minimum absolute atomic E-state index is 0.0190. The first-order valence-electron chi connectivity index (χ1n) is 8.05. The van der Waals surface area contributed by atoms with Gasteiger partial charge in [0.1, 0.15) is 13.2 Å². The molecule has 0 saturated heterocycles. The van der Waals surface area contributed by atoms with Crippen molar-refractivity contribution in [1.29, 1.82) is 0 Å². The predicted molar refractivity (Wildman–Crippen MR) is 85.3 cm³/mol. The normalized spacial score (nSPS) is 10.5. The smallest absolute Gasteiger partial charge is 0.246 e. The van der Waals surface area contributed by atoms with Gasteiger partial charge in [0.2, 0.25) is 11.8 Å². The van der Waals surface area contributed by atoms with Gasteiger partial charge in [-0.3, -0.25) is 9.59 Å². The average molecular weight is 334 g/mol. The van der Waals surface area contributed by atoms with E-state index in [4.69, 9.17) is 18.9 Å². The van der Waals surface area contributed by atoms with Crippen molar-refractivity contribution in [3.05, 3.63) is 0 Å². The molecular weight excluding hydrogens is 304 g/mol. The Morgan fingerprint density at radius 1 is 0.696 bits per heavy atom. The van der Waals surface area contributed by atoms with E-state index in [1.165, 1.54) is 0 Å². The lowest BCUT2D eigenvalue weighted by Crippen LogP contribution is -2.31. The minimum Gasteiger partial charge on any atom is -0.379 e. The van der Waals surface area contributed by atoms with Gasteiger partial charge >= 0.3 is 0 Å². The lowest BCUT2D eigenvalue weighted by atomic mass is 10.5. The molecule has 2 N–H and O–H groups in total. The van der Waals surface area contributed by atoms with E-state index in [1.54, 1.807) is 0 Å². The van der Waals surface area contributed by atoms with Crippen molar-refractivity contribution in [2.45, 2.75) is 20.3 Å². The lowest BCUT2D eigenvalue weighted by molar-refractivity contribution is -0.127. The number of rotatable bonds is 16. The summed E-state index contributed by atoms with van der Waals surface area (Å²) in [5, 5.41) is 5.30. The van der Waals surface area contributed by atoms with E-state index in [0.717, 1.165) is 6.42 Å². The van der Waals surface area contributed by atoms with E-state index < -0.39 is 0 Å². The summed E-state index contributed by atoms with van der Waals surface area (Å²) in [6.45, 7) is 7.65. The van der Waals surface area contributed by atoms with Crippen molar-refractivity contribution >= 4 is 11.8 Å². The maximum atomic E-state index is 11.4. The van der Waals surface area contributed by atoms with Crippen molar-refractivity contribution in [3.8, 4) is 0 Å². The van der Waals surface area contributed by atoms with Gasteiger partial charge in [0.15, 0.2) is 0 Å². The number of amides is 2. The molecule has 0 aliphatic carbocycles. The van der Waals surface area contributed by atoms with Crippen LogP contribution < -0.4 is 10.6 Å². The van der Waals surface area contributed by atoms with Crippen LogP contribution in [0, 0.1) is 0 Å². The second-order valence-corrected chi connectivity index (χ2v) is 4.63. The Balaban J connectivity index is 3.22. The van der Waals surface area contributed by atoms with Gasteiger partial charge in [-0.1, -0.05) is 6.92 Å². The van der Waals surface area contributed by atoms with Gasteiger partial charge in [-0.25, -0.2) is 0 Å². The van der Waals surface area contributed by atoms with Crippen LogP contribution in [0.2, 0.25) is 0 Å². The number of hydrogen-bond acceptors (Lipinski definition) is 6. The topological polar surface area (TPSA) is 95.1 Å². The van der Waals surface area contributed by atoms with Crippen molar-refractivity contribution < 1.29 is 28.5 Å². The van der Waals surface area contributed by atoms with Gasteiger partial charge in [-0.05, 0) is 13.3 Å². The van der Waals surface area contributed by atoms with Crippen LogP contribution in [0.1, 0.15) is 20.3 Å². The second-order valence-electron chi connectivity index (χ2n) is 4.63. The fraction of sp³-hybridized carbons (Fsp3) is 0.867. The summed E-state index contributed by atoms with van der Waals surface area (Å²) < 4.78 is 20.8. The van der Waals surface area contributed by atoms with E-state index in [-0.39, 0.29) is 25.0 Å². The third-order valence-electron chi connectivity index (χ3n) is 2.50. The Kier molecular flexibility index (Phi) is 16.2. The quantitative estimate of drug-likeness (QED) is 0.377. The number of ether oxygens (including phenoxy) is 4. The number of hydrogen-bond donors (Lipinski definition) is 2. The molecule has 0 heterocycles. The zero-order valence-electron chi connectivity index (χ0n) is 14.2. The molecule has 136 valence electrons. The largest absolute Gasteiger partial charge is 0.379 e. The first kappa shape index (κ1) is 21.8. The highest BCUT2D eigenvalue weighted by molar-refractivity contribution is 5.77. The van der Waals surface area contributed by atoms with Gasteiger partial charge in [0.25, 0.3) is 0 Å². The number of carbonyl (C=O) groups is 2. The number of likely N-dealkylation sites (N-methyl/N-ethyl adjacent to an activating group) is 1. The standard InChI is InChI=1S/C15H30N2O6/c1-3-6-20-8-10-23-13-15(19)17-5-7-21-9-11-22-12-14(18)16-4-2/h3-13H2,1-2H3,(H,16,18)(H,17,19). The van der Waals surface area contributed by atoms with Crippen LogP contribution in [0.3, 0.4) is 0 Å². The zero-order chi connectivity index (χ0) is 17.2. The summed E-state index contributed by atoms with van der Waals surface area (Å²) in [5.74, 6) is -0.323. The highest BCUT2D eigenvalue weighted by Crippen LogP contribution is 1.83. The Labute approximate surface area is 138 Å². The van der Waals surface area contributed by atoms with E-state index in [0.29, 0.717) is 52.7 Å². The second kappa shape index (κ2) is 17.1. The van der Waals surface area contributed by atoms with Crippen molar-refractivity contribution in [2.24, 2.45) is 0 Å². The van der Waals surface area contributed by atoms with Crippen LogP contribution in [-0.2, 0) is 28.5 Å². The summed E-state index contributed by atoms with van der Waals surface area (Å²) in [5.41, 5.74) is 0. The molecule has 8 heteroatoms. The molecule has 0 aromatic carbocycles.